The maximum absolute atomic E-state index is 6.06. The van der Waals surface area contributed by atoms with Gasteiger partial charge >= 0.3 is 0 Å². The van der Waals surface area contributed by atoms with E-state index >= 15 is 0 Å². The first kappa shape index (κ1) is 13.3. The summed E-state index contributed by atoms with van der Waals surface area (Å²) in [4.78, 5) is 2.67. The predicted octanol–water partition coefficient (Wildman–Crippen LogP) is 2.00. The molecule has 0 aromatic carbocycles. The van der Waals surface area contributed by atoms with Crippen molar-refractivity contribution < 1.29 is 4.74 Å². The van der Waals surface area contributed by atoms with Crippen LogP contribution in [0.2, 0.25) is 0 Å². The van der Waals surface area contributed by atoms with Gasteiger partial charge in [-0.1, -0.05) is 0 Å². The highest BCUT2D eigenvalue weighted by Crippen LogP contribution is 2.28. The molecule has 2 heterocycles. The van der Waals surface area contributed by atoms with E-state index in [9.17, 15) is 0 Å². The highest BCUT2D eigenvalue weighted by Gasteiger charge is 2.32. The Morgan fingerprint density at radius 3 is 2.47 bits per heavy atom. The Labute approximate surface area is 106 Å². The first-order chi connectivity index (χ1) is 8.06. The molecule has 0 saturated carbocycles. The van der Waals surface area contributed by atoms with Crippen LogP contribution in [0, 0.1) is 5.92 Å². The van der Waals surface area contributed by atoms with Crippen LogP contribution in [0.15, 0.2) is 0 Å². The molecule has 3 heteroatoms. The number of piperidine rings is 1. The van der Waals surface area contributed by atoms with Gasteiger partial charge in [0.25, 0.3) is 0 Å². The average Bonchev–Trinajstić information content (AvgIpc) is 2.28. The number of nitrogens with two attached hydrogens (primary N) is 1. The lowest BCUT2D eigenvalue weighted by Gasteiger charge is -2.43. The summed E-state index contributed by atoms with van der Waals surface area (Å²) in [5, 5.41) is 0. The van der Waals surface area contributed by atoms with Crippen LogP contribution >= 0.6 is 0 Å². The molecule has 0 aromatic heterocycles. The van der Waals surface area contributed by atoms with Gasteiger partial charge in [-0.15, -0.1) is 0 Å². The van der Waals surface area contributed by atoms with Crippen molar-refractivity contribution in [3.05, 3.63) is 0 Å². The van der Waals surface area contributed by atoms with Gasteiger partial charge in [0.2, 0.25) is 0 Å². The average molecular weight is 240 g/mol. The van der Waals surface area contributed by atoms with E-state index in [-0.39, 0.29) is 0 Å². The number of hydrogen-bond acceptors (Lipinski definition) is 3. The fourth-order valence-corrected chi connectivity index (χ4v) is 3.47. The number of ether oxygens (including phenoxy) is 1. The van der Waals surface area contributed by atoms with Crippen molar-refractivity contribution in [1.29, 1.82) is 0 Å². The van der Waals surface area contributed by atoms with Gasteiger partial charge in [0.15, 0.2) is 0 Å². The maximum atomic E-state index is 6.06. The minimum atomic E-state index is 0.340. The molecule has 0 bridgehead atoms. The molecule has 2 N–H and O–H groups in total. The summed E-state index contributed by atoms with van der Waals surface area (Å²) >= 11 is 0. The Morgan fingerprint density at radius 2 is 1.88 bits per heavy atom. The molecular formula is C14H28N2O. The largest absolute Gasteiger partial charge is 0.375 e. The molecule has 0 radical (unpaired) electrons. The molecule has 2 fully saturated rings. The summed E-state index contributed by atoms with van der Waals surface area (Å²) in [6, 6.07) is 1.06. The zero-order chi connectivity index (χ0) is 12.4. The van der Waals surface area contributed by atoms with Crippen LogP contribution in [0.4, 0.5) is 0 Å². The molecule has 0 amide bonds. The maximum Gasteiger partial charge on any atom is 0.0565 e. The molecule has 3 nitrogen and oxygen atoms in total. The van der Waals surface area contributed by atoms with E-state index in [0.717, 1.165) is 6.04 Å². The molecule has 0 aliphatic carbocycles. The summed E-state index contributed by atoms with van der Waals surface area (Å²) in [7, 11) is 0. The number of rotatable bonds is 2. The summed E-state index contributed by atoms with van der Waals surface area (Å²) in [6.07, 6.45) is 5.83. The van der Waals surface area contributed by atoms with Crippen LogP contribution in [0.1, 0.15) is 46.5 Å². The van der Waals surface area contributed by atoms with E-state index in [1.54, 1.807) is 0 Å². The fraction of sp³-hybridized carbons (Fsp3) is 1.00. The van der Waals surface area contributed by atoms with Gasteiger partial charge in [-0.25, -0.2) is 0 Å². The minimum Gasteiger partial charge on any atom is -0.375 e. The van der Waals surface area contributed by atoms with Crippen LogP contribution < -0.4 is 5.73 Å². The standard InChI is InChI=1S/C14H28N2O/c1-10-7-14(8-11(2)17-10)16-6-4-5-13(9-16)12(3)15/h10-14H,4-9,15H2,1-3H3. The summed E-state index contributed by atoms with van der Waals surface area (Å²) in [5.41, 5.74) is 6.06. The Hall–Kier alpha value is -0.120. The third kappa shape index (κ3) is 3.43. The summed E-state index contributed by atoms with van der Waals surface area (Å²) < 4.78 is 5.83. The number of nitrogens with zero attached hydrogens (tertiary/aromatic N) is 1. The van der Waals surface area contributed by atoms with Crippen LogP contribution in [0.25, 0.3) is 0 Å². The highest BCUT2D eigenvalue weighted by atomic mass is 16.5. The second-order valence-corrected chi connectivity index (χ2v) is 6.14. The molecule has 4 atom stereocenters. The van der Waals surface area contributed by atoms with Crippen LogP contribution in [-0.4, -0.2) is 42.3 Å². The zero-order valence-corrected chi connectivity index (χ0v) is 11.6. The third-order valence-corrected chi connectivity index (χ3v) is 4.42. The summed E-state index contributed by atoms with van der Waals surface area (Å²) in [5.74, 6) is 0.692. The van der Waals surface area contributed by atoms with Gasteiger partial charge in [-0.05, 0) is 58.9 Å². The Kier molecular flexibility index (Phi) is 4.45. The molecule has 100 valence electrons. The van der Waals surface area contributed by atoms with Gasteiger partial charge in [0, 0.05) is 18.6 Å². The van der Waals surface area contributed by atoms with Gasteiger partial charge in [0.05, 0.1) is 12.2 Å². The van der Waals surface area contributed by atoms with Crippen molar-refractivity contribution in [2.75, 3.05) is 13.1 Å². The first-order valence-electron chi connectivity index (χ1n) is 7.21. The highest BCUT2D eigenvalue weighted by molar-refractivity contribution is 4.86. The molecular weight excluding hydrogens is 212 g/mol. The van der Waals surface area contributed by atoms with Crippen molar-refractivity contribution in [3.8, 4) is 0 Å². The van der Waals surface area contributed by atoms with Crippen LogP contribution in [-0.2, 0) is 4.74 Å². The van der Waals surface area contributed by atoms with Gasteiger partial charge in [-0.3, -0.25) is 4.90 Å². The van der Waals surface area contributed by atoms with E-state index in [0.29, 0.717) is 24.2 Å². The SMILES string of the molecule is CC1CC(N2CCCC(C(C)N)C2)CC(C)O1. The third-order valence-electron chi connectivity index (χ3n) is 4.42. The summed E-state index contributed by atoms with van der Waals surface area (Å²) in [6.45, 7) is 9.02. The zero-order valence-electron chi connectivity index (χ0n) is 11.6. The van der Waals surface area contributed by atoms with Gasteiger partial charge in [-0.2, -0.15) is 0 Å². The molecule has 17 heavy (non-hydrogen) atoms. The molecule has 4 unspecified atom stereocenters. The molecule has 2 rings (SSSR count). The predicted molar refractivity (Wildman–Crippen MR) is 71.0 cm³/mol. The normalized spacial score (nSPS) is 42.4. The monoisotopic (exact) mass is 240 g/mol. The first-order valence-corrected chi connectivity index (χ1v) is 7.21. The van der Waals surface area contributed by atoms with E-state index in [1.807, 2.05) is 0 Å². The second kappa shape index (κ2) is 5.68. The van der Waals surface area contributed by atoms with E-state index < -0.39 is 0 Å². The van der Waals surface area contributed by atoms with Crippen molar-refractivity contribution in [2.45, 2.75) is 70.7 Å². The molecule has 2 aliphatic rings. The van der Waals surface area contributed by atoms with Crippen molar-refractivity contribution in [1.82, 2.24) is 4.90 Å². The lowest BCUT2D eigenvalue weighted by atomic mass is 9.89. The quantitative estimate of drug-likeness (QED) is 0.802. The van der Waals surface area contributed by atoms with Gasteiger partial charge < -0.3 is 10.5 Å². The molecule has 0 spiro atoms. The van der Waals surface area contributed by atoms with Crippen molar-refractivity contribution >= 4 is 0 Å². The fourth-order valence-electron chi connectivity index (χ4n) is 3.47. The Morgan fingerprint density at radius 1 is 1.24 bits per heavy atom. The Bertz CT molecular complexity index is 234. The second-order valence-electron chi connectivity index (χ2n) is 6.14. The lowest BCUT2D eigenvalue weighted by Crippen LogP contribution is -2.50. The van der Waals surface area contributed by atoms with E-state index in [4.69, 9.17) is 10.5 Å². The molecule has 2 aliphatic heterocycles. The Balaban J connectivity index is 1.92. The van der Waals surface area contributed by atoms with E-state index in [2.05, 4.69) is 25.7 Å². The van der Waals surface area contributed by atoms with Gasteiger partial charge in [0.1, 0.15) is 0 Å². The topological polar surface area (TPSA) is 38.5 Å². The smallest absolute Gasteiger partial charge is 0.0565 e. The molecule has 2 saturated heterocycles. The van der Waals surface area contributed by atoms with E-state index in [1.165, 1.54) is 38.8 Å². The van der Waals surface area contributed by atoms with Crippen LogP contribution in [0.5, 0.6) is 0 Å². The number of hydrogen-bond donors (Lipinski definition) is 1. The minimum absolute atomic E-state index is 0.340. The molecule has 0 aromatic rings. The van der Waals surface area contributed by atoms with Crippen molar-refractivity contribution in [2.24, 2.45) is 11.7 Å². The number of likely N-dealkylation sites (tertiary alicyclic amines) is 1. The lowest BCUT2D eigenvalue weighted by molar-refractivity contribution is -0.0713. The van der Waals surface area contributed by atoms with Crippen molar-refractivity contribution in [3.63, 3.8) is 0 Å². The van der Waals surface area contributed by atoms with Crippen LogP contribution in [0.3, 0.4) is 0 Å².